The Bertz CT molecular complexity index is 1040. The Kier molecular flexibility index (Phi) is 4.49. The molecular weight excluding hydrogens is 350 g/mol. The van der Waals surface area contributed by atoms with Crippen LogP contribution < -0.4 is 5.32 Å². The Balaban J connectivity index is 1.32. The van der Waals surface area contributed by atoms with Gasteiger partial charge in [-0.3, -0.25) is 4.79 Å². The summed E-state index contributed by atoms with van der Waals surface area (Å²) in [5.74, 6) is 1.77. The first-order valence-corrected chi connectivity index (χ1v) is 9.12. The number of para-hydroxylation sites is 2. The van der Waals surface area contributed by atoms with Crippen LogP contribution in [0.5, 0.6) is 0 Å². The van der Waals surface area contributed by atoms with Crippen molar-refractivity contribution in [1.29, 1.82) is 0 Å². The van der Waals surface area contributed by atoms with Crippen molar-refractivity contribution in [1.82, 2.24) is 25.0 Å². The Hall–Kier alpha value is -3.00. The molecule has 3 heterocycles. The number of aromatic nitrogens is 4. The highest BCUT2D eigenvalue weighted by Crippen LogP contribution is 2.21. The topological polar surface area (TPSA) is 85.8 Å². The van der Waals surface area contributed by atoms with Gasteiger partial charge in [0.1, 0.15) is 5.82 Å². The highest BCUT2D eigenvalue weighted by atomic mass is 32.1. The number of benzene rings is 1. The second kappa shape index (κ2) is 7.09. The van der Waals surface area contributed by atoms with E-state index in [0.717, 1.165) is 21.7 Å². The van der Waals surface area contributed by atoms with E-state index >= 15 is 0 Å². The molecule has 0 bridgehead atoms. The van der Waals surface area contributed by atoms with Gasteiger partial charge >= 0.3 is 0 Å². The number of hydrogen-bond acceptors (Lipinski definition) is 6. The quantitative estimate of drug-likeness (QED) is 0.566. The van der Waals surface area contributed by atoms with Gasteiger partial charge in [-0.15, -0.1) is 11.3 Å². The number of carbonyl (C=O) groups excluding carboxylic acids is 1. The highest BCUT2D eigenvalue weighted by molar-refractivity contribution is 7.13. The average molecular weight is 367 g/mol. The number of rotatable bonds is 6. The van der Waals surface area contributed by atoms with Crippen LogP contribution in [0.3, 0.4) is 0 Å². The standard InChI is InChI=1S/C18H17N5O2S/c1-23-13-6-3-2-5-12(13)20-15(23)11-19-16(24)8-9-17-21-18(22-25-17)14-7-4-10-26-14/h2-7,10H,8-9,11H2,1H3,(H,19,24). The summed E-state index contributed by atoms with van der Waals surface area (Å²) in [5.41, 5.74) is 1.97. The number of aryl methyl sites for hydroxylation is 2. The molecule has 0 radical (unpaired) electrons. The van der Waals surface area contributed by atoms with E-state index in [1.807, 2.05) is 53.4 Å². The van der Waals surface area contributed by atoms with Gasteiger partial charge in [-0.1, -0.05) is 23.4 Å². The summed E-state index contributed by atoms with van der Waals surface area (Å²) >= 11 is 1.55. The van der Waals surface area contributed by atoms with Crippen LogP contribution in [0, 0.1) is 0 Å². The van der Waals surface area contributed by atoms with Crippen LogP contribution in [0.1, 0.15) is 18.1 Å². The first-order chi connectivity index (χ1) is 12.7. The molecule has 1 amide bonds. The lowest BCUT2D eigenvalue weighted by Gasteiger charge is -2.04. The van der Waals surface area contributed by atoms with Crippen molar-refractivity contribution in [2.45, 2.75) is 19.4 Å². The van der Waals surface area contributed by atoms with E-state index in [-0.39, 0.29) is 12.3 Å². The van der Waals surface area contributed by atoms with E-state index < -0.39 is 0 Å². The van der Waals surface area contributed by atoms with Crippen LogP contribution in [0.2, 0.25) is 0 Å². The molecule has 7 nitrogen and oxygen atoms in total. The van der Waals surface area contributed by atoms with Crippen molar-refractivity contribution in [3.63, 3.8) is 0 Å². The normalized spacial score (nSPS) is 11.1. The van der Waals surface area contributed by atoms with Crippen LogP contribution in [-0.4, -0.2) is 25.6 Å². The Morgan fingerprint density at radius 1 is 1.23 bits per heavy atom. The van der Waals surface area contributed by atoms with Gasteiger partial charge in [-0.25, -0.2) is 4.98 Å². The number of hydrogen-bond donors (Lipinski definition) is 1. The minimum absolute atomic E-state index is 0.0760. The van der Waals surface area contributed by atoms with Crippen molar-refractivity contribution in [2.75, 3.05) is 0 Å². The van der Waals surface area contributed by atoms with E-state index in [1.165, 1.54) is 0 Å². The van der Waals surface area contributed by atoms with E-state index in [1.54, 1.807) is 11.3 Å². The molecule has 0 saturated carbocycles. The smallest absolute Gasteiger partial charge is 0.227 e. The van der Waals surface area contributed by atoms with Crippen molar-refractivity contribution < 1.29 is 9.32 Å². The number of nitrogens with one attached hydrogen (secondary N) is 1. The molecule has 0 aliphatic rings. The predicted octanol–water partition coefficient (Wildman–Crippen LogP) is 2.93. The molecule has 132 valence electrons. The third-order valence-corrected chi connectivity index (χ3v) is 4.96. The molecule has 1 N–H and O–H groups in total. The summed E-state index contributed by atoms with van der Waals surface area (Å²) < 4.78 is 7.20. The van der Waals surface area contributed by atoms with Crippen LogP contribution >= 0.6 is 11.3 Å². The predicted molar refractivity (Wildman–Crippen MR) is 98.5 cm³/mol. The molecule has 0 aliphatic carbocycles. The molecular formula is C18H17N5O2S. The van der Waals surface area contributed by atoms with E-state index in [0.29, 0.717) is 24.7 Å². The molecule has 4 rings (SSSR count). The SMILES string of the molecule is Cn1c(CNC(=O)CCc2nc(-c3cccs3)no2)nc2ccccc21. The average Bonchev–Trinajstić information content (AvgIpc) is 3.39. The van der Waals surface area contributed by atoms with Crippen molar-refractivity contribution in [3.8, 4) is 10.7 Å². The maximum atomic E-state index is 12.1. The van der Waals surface area contributed by atoms with Gasteiger partial charge in [0.15, 0.2) is 0 Å². The number of thiophene rings is 1. The van der Waals surface area contributed by atoms with Gasteiger partial charge in [-0.05, 0) is 23.6 Å². The highest BCUT2D eigenvalue weighted by Gasteiger charge is 2.12. The van der Waals surface area contributed by atoms with E-state index in [2.05, 4.69) is 20.4 Å². The molecule has 0 unspecified atom stereocenters. The van der Waals surface area contributed by atoms with Gasteiger partial charge < -0.3 is 14.4 Å². The zero-order valence-electron chi connectivity index (χ0n) is 14.2. The monoisotopic (exact) mass is 367 g/mol. The molecule has 3 aromatic heterocycles. The molecule has 26 heavy (non-hydrogen) atoms. The molecule has 0 atom stereocenters. The molecule has 8 heteroatoms. The molecule has 0 spiro atoms. The molecule has 0 fully saturated rings. The van der Waals surface area contributed by atoms with Gasteiger partial charge in [0, 0.05) is 19.9 Å². The largest absolute Gasteiger partial charge is 0.349 e. The zero-order valence-corrected chi connectivity index (χ0v) is 15.0. The van der Waals surface area contributed by atoms with Crippen molar-refractivity contribution in [3.05, 3.63) is 53.5 Å². The lowest BCUT2D eigenvalue weighted by Crippen LogP contribution is -2.24. The minimum Gasteiger partial charge on any atom is -0.349 e. The van der Waals surface area contributed by atoms with Crippen molar-refractivity contribution in [2.24, 2.45) is 7.05 Å². The van der Waals surface area contributed by atoms with Crippen molar-refractivity contribution >= 4 is 28.3 Å². The van der Waals surface area contributed by atoms with Gasteiger partial charge in [-0.2, -0.15) is 4.98 Å². The fourth-order valence-corrected chi connectivity index (χ4v) is 3.35. The maximum absolute atomic E-state index is 12.1. The summed E-state index contributed by atoms with van der Waals surface area (Å²) in [6.45, 7) is 0.383. The third-order valence-electron chi connectivity index (χ3n) is 4.10. The zero-order chi connectivity index (χ0) is 17.9. The fraction of sp³-hybridized carbons (Fsp3) is 0.222. The summed E-state index contributed by atoms with van der Waals surface area (Å²) in [5, 5.41) is 8.80. The van der Waals surface area contributed by atoms with Gasteiger partial charge in [0.05, 0.1) is 22.5 Å². The van der Waals surface area contributed by atoms with Crippen LogP contribution in [0.25, 0.3) is 21.7 Å². The summed E-state index contributed by atoms with van der Waals surface area (Å²) in [7, 11) is 1.95. The van der Waals surface area contributed by atoms with Crippen LogP contribution in [0.15, 0.2) is 46.3 Å². The van der Waals surface area contributed by atoms with Gasteiger partial charge in [0.25, 0.3) is 0 Å². The fourth-order valence-electron chi connectivity index (χ4n) is 2.70. The number of amides is 1. The lowest BCUT2D eigenvalue weighted by atomic mass is 10.3. The van der Waals surface area contributed by atoms with Crippen LogP contribution in [-0.2, 0) is 24.8 Å². The number of imidazole rings is 1. The van der Waals surface area contributed by atoms with Crippen LogP contribution in [0.4, 0.5) is 0 Å². The number of fused-ring (bicyclic) bond motifs is 1. The van der Waals surface area contributed by atoms with E-state index in [9.17, 15) is 4.79 Å². The third kappa shape index (κ3) is 3.36. The maximum Gasteiger partial charge on any atom is 0.227 e. The Morgan fingerprint density at radius 2 is 2.12 bits per heavy atom. The molecule has 1 aromatic carbocycles. The van der Waals surface area contributed by atoms with E-state index in [4.69, 9.17) is 4.52 Å². The summed E-state index contributed by atoms with van der Waals surface area (Å²) in [6.07, 6.45) is 0.697. The van der Waals surface area contributed by atoms with Gasteiger partial charge in [0.2, 0.25) is 17.6 Å². The first-order valence-electron chi connectivity index (χ1n) is 8.24. The second-order valence-electron chi connectivity index (χ2n) is 5.84. The lowest BCUT2D eigenvalue weighted by molar-refractivity contribution is -0.121. The molecule has 0 aliphatic heterocycles. The minimum atomic E-state index is -0.0760. The Morgan fingerprint density at radius 3 is 2.92 bits per heavy atom. The summed E-state index contributed by atoms with van der Waals surface area (Å²) in [6, 6.07) is 11.8. The first kappa shape index (κ1) is 16.5. The number of carbonyl (C=O) groups is 1. The summed E-state index contributed by atoms with van der Waals surface area (Å²) in [4.78, 5) is 21.9. The molecule has 0 saturated heterocycles. The Labute approximate surface area is 153 Å². The second-order valence-corrected chi connectivity index (χ2v) is 6.79. The number of nitrogens with zero attached hydrogens (tertiary/aromatic N) is 4. The molecule has 4 aromatic rings.